The van der Waals surface area contributed by atoms with Crippen LogP contribution in [-0.2, 0) is 4.74 Å². The summed E-state index contributed by atoms with van der Waals surface area (Å²) >= 11 is 0. The molecule has 0 saturated carbocycles. The quantitative estimate of drug-likeness (QED) is 0.631. The Kier molecular flexibility index (Phi) is 5.54. The van der Waals surface area contributed by atoms with Crippen LogP contribution in [0.4, 0.5) is 4.39 Å². The van der Waals surface area contributed by atoms with Gasteiger partial charge in [0.2, 0.25) is 0 Å². The highest BCUT2D eigenvalue weighted by molar-refractivity contribution is 4.64. The summed E-state index contributed by atoms with van der Waals surface area (Å²) in [6.45, 7) is 2.71. The minimum Gasteiger partial charge on any atom is -0.384 e. The maximum atomic E-state index is 12.8. The summed E-state index contributed by atoms with van der Waals surface area (Å²) in [5, 5.41) is 0. The van der Waals surface area contributed by atoms with Crippen molar-refractivity contribution in [3.8, 4) is 0 Å². The summed E-state index contributed by atoms with van der Waals surface area (Å²) in [6.07, 6.45) is -0.380. The van der Waals surface area contributed by atoms with Gasteiger partial charge in [-0.15, -0.1) is 0 Å². The molecule has 0 aliphatic heterocycles. The molecule has 10 heavy (non-hydrogen) atoms. The van der Waals surface area contributed by atoms with Gasteiger partial charge in [-0.05, 0) is 13.0 Å². The fourth-order valence-electron chi connectivity index (χ4n) is 0.811. The number of alkyl halides is 1. The Balaban J connectivity index is 3.38. The minimum absolute atomic E-state index is 0.0338. The Labute approximate surface area is 61.5 Å². The third-order valence-electron chi connectivity index (χ3n) is 1.49. The van der Waals surface area contributed by atoms with E-state index in [0.717, 1.165) is 0 Å². The number of ether oxygens (including phenoxy) is 1. The molecule has 2 unspecified atom stereocenters. The van der Waals surface area contributed by atoms with Crippen molar-refractivity contribution in [1.29, 1.82) is 0 Å². The Morgan fingerprint density at radius 1 is 1.60 bits per heavy atom. The van der Waals surface area contributed by atoms with E-state index in [1.54, 1.807) is 7.11 Å². The maximum Gasteiger partial charge on any atom is 0.106 e. The van der Waals surface area contributed by atoms with Gasteiger partial charge in [0.15, 0.2) is 0 Å². The molecule has 0 rings (SSSR count). The van der Waals surface area contributed by atoms with Crippen LogP contribution in [0.2, 0.25) is 0 Å². The zero-order chi connectivity index (χ0) is 7.98. The summed E-state index contributed by atoms with van der Waals surface area (Å²) in [5.41, 5.74) is 5.18. The van der Waals surface area contributed by atoms with E-state index < -0.39 is 6.17 Å². The lowest BCUT2D eigenvalue weighted by Crippen LogP contribution is -2.20. The van der Waals surface area contributed by atoms with Gasteiger partial charge in [-0.1, -0.05) is 6.92 Å². The predicted octanol–water partition coefficient (Wildman–Crippen LogP) is 0.956. The fourth-order valence-corrected chi connectivity index (χ4v) is 0.811. The van der Waals surface area contributed by atoms with Crippen molar-refractivity contribution in [3.63, 3.8) is 0 Å². The van der Waals surface area contributed by atoms with Crippen LogP contribution in [0.25, 0.3) is 0 Å². The molecule has 0 radical (unpaired) electrons. The zero-order valence-electron chi connectivity index (χ0n) is 6.64. The molecule has 0 amide bonds. The van der Waals surface area contributed by atoms with Gasteiger partial charge in [0.25, 0.3) is 0 Å². The SMILES string of the molecule is COCC(C)C(F)CCN. The first-order chi connectivity index (χ1) is 4.72. The van der Waals surface area contributed by atoms with Crippen LogP contribution in [0.1, 0.15) is 13.3 Å². The van der Waals surface area contributed by atoms with Gasteiger partial charge in [0.05, 0.1) is 6.61 Å². The van der Waals surface area contributed by atoms with Gasteiger partial charge in [0.1, 0.15) is 6.17 Å². The van der Waals surface area contributed by atoms with Crippen molar-refractivity contribution < 1.29 is 9.13 Å². The van der Waals surface area contributed by atoms with Crippen molar-refractivity contribution in [2.75, 3.05) is 20.3 Å². The van der Waals surface area contributed by atoms with E-state index in [9.17, 15) is 4.39 Å². The second-order valence-corrected chi connectivity index (χ2v) is 2.53. The van der Waals surface area contributed by atoms with Crippen molar-refractivity contribution in [2.24, 2.45) is 11.7 Å². The molecule has 3 heteroatoms. The average molecular weight is 149 g/mol. The van der Waals surface area contributed by atoms with Crippen LogP contribution in [0.15, 0.2) is 0 Å². The van der Waals surface area contributed by atoms with Crippen molar-refractivity contribution in [3.05, 3.63) is 0 Å². The lowest BCUT2D eigenvalue weighted by Gasteiger charge is -2.14. The van der Waals surface area contributed by atoms with Gasteiger partial charge in [-0.25, -0.2) is 4.39 Å². The number of hydrogen-bond donors (Lipinski definition) is 1. The molecular weight excluding hydrogens is 133 g/mol. The Bertz CT molecular complexity index is 70.0. The number of methoxy groups -OCH3 is 1. The molecule has 0 aromatic rings. The number of halogens is 1. The Morgan fingerprint density at radius 2 is 2.20 bits per heavy atom. The van der Waals surface area contributed by atoms with E-state index in [2.05, 4.69) is 0 Å². The van der Waals surface area contributed by atoms with E-state index in [1.807, 2.05) is 6.92 Å². The third-order valence-corrected chi connectivity index (χ3v) is 1.49. The highest BCUT2D eigenvalue weighted by Gasteiger charge is 2.14. The Morgan fingerprint density at radius 3 is 2.60 bits per heavy atom. The maximum absolute atomic E-state index is 12.8. The first-order valence-electron chi connectivity index (χ1n) is 3.55. The number of hydrogen-bond acceptors (Lipinski definition) is 2. The monoisotopic (exact) mass is 149 g/mol. The molecule has 0 aromatic carbocycles. The van der Waals surface area contributed by atoms with Gasteiger partial charge < -0.3 is 10.5 Å². The first-order valence-corrected chi connectivity index (χ1v) is 3.55. The highest BCUT2D eigenvalue weighted by Crippen LogP contribution is 2.10. The van der Waals surface area contributed by atoms with Gasteiger partial charge >= 0.3 is 0 Å². The van der Waals surface area contributed by atoms with E-state index in [4.69, 9.17) is 10.5 Å². The highest BCUT2D eigenvalue weighted by atomic mass is 19.1. The van der Waals surface area contributed by atoms with E-state index >= 15 is 0 Å². The molecule has 2 N–H and O–H groups in total. The van der Waals surface area contributed by atoms with Crippen LogP contribution in [0.5, 0.6) is 0 Å². The van der Waals surface area contributed by atoms with E-state index in [-0.39, 0.29) is 5.92 Å². The molecule has 0 saturated heterocycles. The van der Waals surface area contributed by atoms with E-state index in [1.165, 1.54) is 0 Å². The second-order valence-electron chi connectivity index (χ2n) is 2.53. The second kappa shape index (κ2) is 5.62. The van der Waals surface area contributed by atoms with Crippen LogP contribution in [0, 0.1) is 5.92 Å². The van der Waals surface area contributed by atoms with Gasteiger partial charge in [-0.2, -0.15) is 0 Å². The summed E-state index contributed by atoms with van der Waals surface area (Å²) in [5.74, 6) is -0.0338. The smallest absolute Gasteiger partial charge is 0.106 e. The lowest BCUT2D eigenvalue weighted by molar-refractivity contribution is 0.106. The van der Waals surface area contributed by atoms with Crippen molar-refractivity contribution in [2.45, 2.75) is 19.5 Å². The van der Waals surface area contributed by atoms with Gasteiger partial charge in [0, 0.05) is 13.0 Å². The third kappa shape index (κ3) is 3.80. The molecule has 0 spiro atoms. The van der Waals surface area contributed by atoms with Crippen LogP contribution >= 0.6 is 0 Å². The molecule has 0 aliphatic rings. The van der Waals surface area contributed by atoms with Crippen LogP contribution in [0.3, 0.4) is 0 Å². The molecule has 2 nitrogen and oxygen atoms in total. The molecule has 0 aliphatic carbocycles. The van der Waals surface area contributed by atoms with Crippen LogP contribution in [-0.4, -0.2) is 26.4 Å². The summed E-state index contributed by atoms with van der Waals surface area (Å²) in [6, 6.07) is 0. The normalized spacial score (nSPS) is 16.8. The molecule has 62 valence electrons. The van der Waals surface area contributed by atoms with E-state index in [0.29, 0.717) is 19.6 Å². The zero-order valence-corrected chi connectivity index (χ0v) is 6.64. The topological polar surface area (TPSA) is 35.2 Å². The lowest BCUT2D eigenvalue weighted by atomic mass is 10.1. The first kappa shape index (κ1) is 9.85. The Hall–Kier alpha value is -0.150. The van der Waals surface area contributed by atoms with Crippen molar-refractivity contribution >= 4 is 0 Å². The molecule has 0 fully saturated rings. The van der Waals surface area contributed by atoms with Gasteiger partial charge in [-0.3, -0.25) is 0 Å². The minimum atomic E-state index is -0.815. The molecule has 0 aromatic heterocycles. The molecule has 0 heterocycles. The largest absolute Gasteiger partial charge is 0.384 e. The van der Waals surface area contributed by atoms with Crippen molar-refractivity contribution in [1.82, 2.24) is 0 Å². The fraction of sp³-hybridized carbons (Fsp3) is 1.00. The molecular formula is C7H16FNO. The standard InChI is InChI=1S/C7H16FNO/c1-6(5-10-2)7(8)3-4-9/h6-7H,3-5,9H2,1-2H3. The summed E-state index contributed by atoms with van der Waals surface area (Å²) in [7, 11) is 1.58. The molecule has 0 bridgehead atoms. The summed E-state index contributed by atoms with van der Waals surface area (Å²) in [4.78, 5) is 0. The average Bonchev–Trinajstić information content (AvgIpc) is 1.89. The number of rotatable bonds is 5. The number of nitrogens with two attached hydrogens (primary N) is 1. The summed E-state index contributed by atoms with van der Waals surface area (Å²) < 4.78 is 17.6. The predicted molar refractivity (Wildman–Crippen MR) is 39.6 cm³/mol. The van der Waals surface area contributed by atoms with Crippen LogP contribution < -0.4 is 5.73 Å². The molecule has 2 atom stereocenters.